The Labute approximate surface area is 81.3 Å². The minimum absolute atomic E-state index is 0.333. The topological polar surface area (TPSA) is 24.9 Å². The molecule has 0 fully saturated rings. The molecule has 0 bridgehead atoms. The maximum absolute atomic E-state index is 11.8. The first-order chi connectivity index (χ1) is 5.99. The Hall–Kier alpha value is -0.780. The average Bonchev–Trinajstić information content (AvgIpc) is 2.01. The van der Waals surface area contributed by atoms with Gasteiger partial charge < -0.3 is 5.32 Å². The molecule has 0 aliphatic rings. The Kier molecular flexibility index (Phi) is 3.13. The minimum atomic E-state index is -4.21. The lowest BCUT2D eigenvalue weighted by Gasteiger charge is -2.09. The number of alkyl halides is 3. The molecule has 0 aromatic carbocycles. The number of nitrogens with one attached hydrogen (secondary N) is 1. The lowest BCUT2D eigenvalue weighted by Crippen LogP contribution is -2.21. The van der Waals surface area contributed by atoms with Crippen molar-refractivity contribution in [3.63, 3.8) is 0 Å². The fourth-order valence-corrected chi connectivity index (χ4v) is 1.06. The Balaban J connectivity index is 2.60. The van der Waals surface area contributed by atoms with E-state index in [1.807, 2.05) is 0 Å². The third-order valence-electron chi connectivity index (χ3n) is 1.25. The van der Waals surface area contributed by atoms with Gasteiger partial charge in [0.25, 0.3) is 0 Å². The van der Waals surface area contributed by atoms with E-state index in [1.54, 1.807) is 6.07 Å². The molecule has 1 rings (SSSR count). The Morgan fingerprint density at radius 2 is 2.15 bits per heavy atom. The van der Waals surface area contributed by atoms with Crippen LogP contribution in [0.2, 0.25) is 0 Å². The van der Waals surface area contributed by atoms with Gasteiger partial charge in [-0.1, -0.05) is 0 Å². The zero-order valence-electron chi connectivity index (χ0n) is 6.40. The van der Waals surface area contributed by atoms with Crippen LogP contribution in [0.3, 0.4) is 0 Å². The van der Waals surface area contributed by atoms with Gasteiger partial charge in [0.15, 0.2) is 0 Å². The predicted octanol–water partition coefficient (Wildman–Crippen LogP) is 2.82. The average molecular weight is 255 g/mol. The maximum Gasteiger partial charge on any atom is 0.405 e. The van der Waals surface area contributed by atoms with E-state index >= 15 is 0 Å². The first kappa shape index (κ1) is 10.3. The van der Waals surface area contributed by atoms with Gasteiger partial charge in [-0.15, -0.1) is 0 Å². The van der Waals surface area contributed by atoms with Crippen LogP contribution < -0.4 is 5.32 Å². The van der Waals surface area contributed by atoms with E-state index in [1.165, 1.54) is 12.4 Å². The third kappa shape index (κ3) is 3.63. The van der Waals surface area contributed by atoms with E-state index in [0.29, 0.717) is 10.2 Å². The summed E-state index contributed by atoms with van der Waals surface area (Å²) in [6.45, 7) is -1.06. The summed E-state index contributed by atoms with van der Waals surface area (Å²) in [6, 6.07) is 1.57. The Bertz CT molecular complexity index is 287. The summed E-state index contributed by atoms with van der Waals surface area (Å²) in [4.78, 5) is 3.69. The lowest BCUT2D eigenvalue weighted by molar-refractivity contribution is -0.115. The molecule has 0 radical (unpaired) electrons. The standard InChI is InChI=1S/C7H6BrF3N2/c8-5-1-2-12-3-6(5)13-4-7(9,10)11/h1-3,13H,4H2. The Morgan fingerprint density at radius 3 is 2.69 bits per heavy atom. The van der Waals surface area contributed by atoms with Crippen LogP contribution in [-0.2, 0) is 0 Å². The van der Waals surface area contributed by atoms with E-state index in [0.717, 1.165) is 0 Å². The predicted molar refractivity (Wildman–Crippen MR) is 46.5 cm³/mol. The highest BCUT2D eigenvalue weighted by Gasteiger charge is 2.26. The van der Waals surface area contributed by atoms with Crippen LogP contribution in [0.1, 0.15) is 0 Å². The Morgan fingerprint density at radius 1 is 1.46 bits per heavy atom. The zero-order chi connectivity index (χ0) is 9.90. The van der Waals surface area contributed by atoms with Gasteiger partial charge in [-0.3, -0.25) is 4.98 Å². The number of hydrogen-bond donors (Lipinski definition) is 1. The van der Waals surface area contributed by atoms with Crippen molar-refractivity contribution in [2.45, 2.75) is 6.18 Å². The van der Waals surface area contributed by atoms with Crippen LogP contribution in [-0.4, -0.2) is 17.7 Å². The summed E-state index contributed by atoms with van der Waals surface area (Å²) < 4.78 is 35.9. The van der Waals surface area contributed by atoms with Crippen molar-refractivity contribution >= 4 is 21.6 Å². The molecule has 13 heavy (non-hydrogen) atoms. The molecule has 2 nitrogen and oxygen atoms in total. The van der Waals surface area contributed by atoms with E-state index < -0.39 is 12.7 Å². The van der Waals surface area contributed by atoms with E-state index in [-0.39, 0.29) is 0 Å². The van der Waals surface area contributed by atoms with Crippen LogP contribution in [0.15, 0.2) is 22.9 Å². The number of anilines is 1. The highest BCUT2D eigenvalue weighted by atomic mass is 79.9. The lowest BCUT2D eigenvalue weighted by atomic mass is 10.4. The summed E-state index contributed by atoms with van der Waals surface area (Å²) in [5, 5.41) is 2.22. The van der Waals surface area contributed by atoms with E-state index in [9.17, 15) is 13.2 Å². The van der Waals surface area contributed by atoms with Crippen LogP contribution in [0, 0.1) is 0 Å². The SMILES string of the molecule is FC(F)(F)CNc1cnccc1Br. The highest BCUT2D eigenvalue weighted by molar-refractivity contribution is 9.10. The first-order valence-electron chi connectivity index (χ1n) is 3.39. The molecule has 72 valence electrons. The van der Waals surface area contributed by atoms with Crippen molar-refractivity contribution in [1.82, 2.24) is 4.98 Å². The van der Waals surface area contributed by atoms with Crippen molar-refractivity contribution in [2.24, 2.45) is 0 Å². The second kappa shape index (κ2) is 3.95. The van der Waals surface area contributed by atoms with Gasteiger partial charge in [0.2, 0.25) is 0 Å². The number of rotatable bonds is 2. The second-order valence-corrected chi connectivity index (χ2v) is 3.18. The third-order valence-corrected chi connectivity index (χ3v) is 1.94. The molecule has 0 saturated carbocycles. The van der Waals surface area contributed by atoms with Crippen molar-refractivity contribution < 1.29 is 13.2 Å². The number of halogens is 4. The van der Waals surface area contributed by atoms with Gasteiger partial charge in [0, 0.05) is 10.7 Å². The molecule has 1 heterocycles. The molecule has 0 unspecified atom stereocenters. The molecule has 6 heteroatoms. The molecule has 1 aromatic heterocycles. The maximum atomic E-state index is 11.8. The van der Waals surface area contributed by atoms with Gasteiger partial charge in [0.05, 0.1) is 11.9 Å². The van der Waals surface area contributed by atoms with Gasteiger partial charge in [-0.05, 0) is 22.0 Å². The summed E-state index contributed by atoms with van der Waals surface area (Å²) in [5.41, 5.74) is 0.333. The summed E-state index contributed by atoms with van der Waals surface area (Å²) in [5.74, 6) is 0. The molecule has 0 saturated heterocycles. The normalized spacial score (nSPS) is 11.4. The fourth-order valence-electron chi connectivity index (χ4n) is 0.703. The first-order valence-corrected chi connectivity index (χ1v) is 4.18. The summed E-state index contributed by atoms with van der Waals surface area (Å²) in [6.07, 6.45) is -1.39. The van der Waals surface area contributed by atoms with Gasteiger partial charge >= 0.3 is 6.18 Å². The van der Waals surface area contributed by atoms with Crippen LogP contribution >= 0.6 is 15.9 Å². The van der Waals surface area contributed by atoms with Crippen LogP contribution in [0.25, 0.3) is 0 Å². The summed E-state index contributed by atoms with van der Waals surface area (Å²) in [7, 11) is 0. The van der Waals surface area contributed by atoms with Crippen LogP contribution in [0.5, 0.6) is 0 Å². The second-order valence-electron chi connectivity index (χ2n) is 2.32. The molecule has 1 N–H and O–H groups in total. The van der Waals surface area contributed by atoms with Crippen molar-refractivity contribution in [1.29, 1.82) is 0 Å². The molecule has 0 spiro atoms. The molecular weight excluding hydrogens is 249 g/mol. The zero-order valence-corrected chi connectivity index (χ0v) is 7.98. The monoisotopic (exact) mass is 254 g/mol. The number of aromatic nitrogens is 1. The number of hydrogen-bond acceptors (Lipinski definition) is 2. The highest BCUT2D eigenvalue weighted by Crippen LogP contribution is 2.22. The minimum Gasteiger partial charge on any atom is -0.374 e. The molecule has 0 amide bonds. The molecular formula is C7H6BrF3N2. The van der Waals surface area contributed by atoms with E-state index in [2.05, 4.69) is 26.2 Å². The molecule has 0 aliphatic heterocycles. The summed E-state index contributed by atoms with van der Waals surface area (Å²) >= 11 is 3.09. The van der Waals surface area contributed by atoms with Crippen molar-refractivity contribution in [3.05, 3.63) is 22.9 Å². The van der Waals surface area contributed by atoms with Gasteiger partial charge in [-0.25, -0.2) is 0 Å². The van der Waals surface area contributed by atoms with Crippen molar-refractivity contribution in [3.8, 4) is 0 Å². The number of nitrogens with zero attached hydrogens (tertiary/aromatic N) is 1. The largest absolute Gasteiger partial charge is 0.405 e. The van der Waals surface area contributed by atoms with E-state index in [4.69, 9.17) is 0 Å². The fraction of sp³-hybridized carbons (Fsp3) is 0.286. The van der Waals surface area contributed by atoms with Crippen molar-refractivity contribution in [2.75, 3.05) is 11.9 Å². The molecule has 0 atom stereocenters. The molecule has 0 aliphatic carbocycles. The smallest absolute Gasteiger partial charge is 0.374 e. The number of pyridine rings is 1. The quantitative estimate of drug-likeness (QED) is 0.878. The van der Waals surface area contributed by atoms with Gasteiger partial charge in [0.1, 0.15) is 6.54 Å². The molecule has 1 aromatic rings. The van der Waals surface area contributed by atoms with Gasteiger partial charge in [-0.2, -0.15) is 13.2 Å². The van der Waals surface area contributed by atoms with Crippen LogP contribution in [0.4, 0.5) is 18.9 Å².